The molecule has 3 aromatic rings. The lowest BCUT2D eigenvalue weighted by Gasteiger charge is -2.11. The minimum absolute atomic E-state index is 0.123. The van der Waals surface area contributed by atoms with Crippen LogP contribution in [0.15, 0.2) is 40.9 Å². The quantitative estimate of drug-likeness (QED) is 0.549. The minimum Gasteiger partial charge on any atom is -0.508 e. The van der Waals surface area contributed by atoms with Crippen molar-refractivity contribution in [2.75, 3.05) is 0 Å². The standard InChI is InChI=1S/C20H19Cl2NO3/c1-11(2)20-14(10-25-13-7-8-17(24)12(3)9-13)19(23-26-20)18-15(21)5-4-6-16(18)22/h4-9,11,24H,10H2,1-3H3. The van der Waals surface area contributed by atoms with E-state index in [0.717, 1.165) is 16.9 Å². The summed E-state index contributed by atoms with van der Waals surface area (Å²) in [7, 11) is 0. The van der Waals surface area contributed by atoms with Gasteiger partial charge in [-0.15, -0.1) is 0 Å². The summed E-state index contributed by atoms with van der Waals surface area (Å²) in [5, 5.41) is 14.9. The molecule has 0 aliphatic carbocycles. The van der Waals surface area contributed by atoms with Crippen LogP contribution >= 0.6 is 23.2 Å². The molecule has 0 spiro atoms. The lowest BCUT2D eigenvalue weighted by atomic mass is 10.0. The van der Waals surface area contributed by atoms with Crippen LogP contribution in [-0.2, 0) is 6.61 Å². The fraction of sp³-hybridized carbons (Fsp3) is 0.250. The molecule has 136 valence electrons. The van der Waals surface area contributed by atoms with Gasteiger partial charge in [0.05, 0.1) is 15.6 Å². The first-order valence-corrected chi connectivity index (χ1v) is 8.99. The second-order valence-corrected chi connectivity index (χ2v) is 7.18. The fourth-order valence-electron chi connectivity index (χ4n) is 2.71. The highest BCUT2D eigenvalue weighted by atomic mass is 35.5. The molecule has 0 aliphatic heterocycles. The monoisotopic (exact) mass is 391 g/mol. The number of aryl methyl sites for hydroxylation is 1. The lowest BCUT2D eigenvalue weighted by molar-refractivity contribution is 0.297. The van der Waals surface area contributed by atoms with Gasteiger partial charge >= 0.3 is 0 Å². The summed E-state index contributed by atoms with van der Waals surface area (Å²) in [5.74, 6) is 1.73. The zero-order valence-corrected chi connectivity index (χ0v) is 16.2. The Morgan fingerprint density at radius 3 is 2.46 bits per heavy atom. The van der Waals surface area contributed by atoms with Crippen molar-refractivity contribution >= 4 is 23.2 Å². The van der Waals surface area contributed by atoms with Crippen LogP contribution < -0.4 is 4.74 Å². The smallest absolute Gasteiger partial charge is 0.146 e. The molecule has 2 aromatic carbocycles. The first-order valence-electron chi connectivity index (χ1n) is 8.23. The van der Waals surface area contributed by atoms with Crippen LogP contribution in [0, 0.1) is 6.92 Å². The molecular weight excluding hydrogens is 373 g/mol. The van der Waals surface area contributed by atoms with Gasteiger partial charge in [-0.05, 0) is 42.8 Å². The number of nitrogens with zero attached hydrogens (tertiary/aromatic N) is 1. The Morgan fingerprint density at radius 1 is 1.15 bits per heavy atom. The van der Waals surface area contributed by atoms with E-state index < -0.39 is 0 Å². The van der Waals surface area contributed by atoms with Crippen molar-refractivity contribution < 1.29 is 14.4 Å². The largest absolute Gasteiger partial charge is 0.508 e. The number of hydrogen-bond acceptors (Lipinski definition) is 4. The van der Waals surface area contributed by atoms with E-state index in [4.69, 9.17) is 32.5 Å². The van der Waals surface area contributed by atoms with Crippen LogP contribution in [0.4, 0.5) is 0 Å². The van der Waals surface area contributed by atoms with E-state index in [0.29, 0.717) is 27.1 Å². The van der Waals surface area contributed by atoms with Crippen molar-refractivity contribution in [1.29, 1.82) is 0 Å². The summed E-state index contributed by atoms with van der Waals surface area (Å²) >= 11 is 12.7. The summed E-state index contributed by atoms with van der Waals surface area (Å²) in [6.07, 6.45) is 0. The third kappa shape index (κ3) is 3.67. The van der Waals surface area contributed by atoms with Gasteiger partial charge in [-0.3, -0.25) is 0 Å². The Kier molecular flexibility index (Phi) is 5.44. The molecule has 0 bridgehead atoms. The number of benzene rings is 2. The van der Waals surface area contributed by atoms with Crippen molar-refractivity contribution in [1.82, 2.24) is 5.16 Å². The molecule has 6 heteroatoms. The van der Waals surface area contributed by atoms with Gasteiger partial charge in [0.15, 0.2) is 0 Å². The zero-order valence-electron chi connectivity index (χ0n) is 14.7. The number of rotatable bonds is 5. The van der Waals surface area contributed by atoms with Gasteiger partial charge in [-0.2, -0.15) is 0 Å². The Hall–Kier alpha value is -2.17. The SMILES string of the molecule is Cc1cc(OCc2c(-c3c(Cl)cccc3Cl)noc2C(C)C)ccc1O. The highest BCUT2D eigenvalue weighted by Gasteiger charge is 2.23. The Labute approximate surface area is 162 Å². The van der Waals surface area contributed by atoms with Crippen LogP contribution in [0.25, 0.3) is 11.3 Å². The third-order valence-corrected chi connectivity index (χ3v) is 4.72. The lowest BCUT2D eigenvalue weighted by Crippen LogP contribution is -2.01. The molecule has 0 fully saturated rings. The van der Waals surface area contributed by atoms with E-state index in [1.807, 2.05) is 20.8 Å². The second-order valence-electron chi connectivity index (χ2n) is 6.36. The molecule has 4 nitrogen and oxygen atoms in total. The van der Waals surface area contributed by atoms with Gasteiger partial charge in [0.1, 0.15) is 29.6 Å². The van der Waals surface area contributed by atoms with Gasteiger partial charge in [-0.1, -0.05) is 48.3 Å². The Morgan fingerprint density at radius 2 is 1.85 bits per heavy atom. The van der Waals surface area contributed by atoms with Crippen LogP contribution in [0.5, 0.6) is 11.5 Å². The fourth-order valence-corrected chi connectivity index (χ4v) is 3.29. The Bertz CT molecular complexity index is 915. The predicted octanol–water partition coefficient (Wildman–Crippen LogP) is 6.36. The average Bonchev–Trinajstić information content (AvgIpc) is 3.00. The topological polar surface area (TPSA) is 55.5 Å². The van der Waals surface area contributed by atoms with Crippen LogP contribution in [0.3, 0.4) is 0 Å². The van der Waals surface area contributed by atoms with E-state index in [1.54, 1.807) is 36.4 Å². The number of hydrogen-bond donors (Lipinski definition) is 1. The van der Waals surface area contributed by atoms with Gasteiger partial charge in [0.25, 0.3) is 0 Å². The average molecular weight is 392 g/mol. The van der Waals surface area contributed by atoms with Crippen molar-refractivity contribution in [2.45, 2.75) is 33.3 Å². The maximum atomic E-state index is 9.66. The predicted molar refractivity (Wildman–Crippen MR) is 103 cm³/mol. The first kappa shape index (κ1) is 18.6. The molecule has 3 rings (SSSR count). The first-order chi connectivity index (χ1) is 12.4. The summed E-state index contributed by atoms with van der Waals surface area (Å²) in [6.45, 7) is 6.10. The van der Waals surface area contributed by atoms with Gasteiger partial charge in [-0.25, -0.2) is 0 Å². The molecule has 0 saturated heterocycles. The number of phenolic OH excluding ortho intramolecular Hbond substituents is 1. The van der Waals surface area contributed by atoms with Crippen molar-refractivity contribution in [3.05, 3.63) is 63.3 Å². The summed E-state index contributed by atoms with van der Waals surface area (Å²) in [5.41, 5.74) is 2.76. The molecule has 1 aromatic heterocycles. The molecular formula is C20H19Cl2NO3. The Balaban J connectivity index is 1.99. The van der Waals surface area contributed by atoms with Crippen molar-refractivity contribution in [3.8, 4) is 22.8 Å². The van der Waals surface area contributed by atoms with Crippen molar-refractivity contribution in [2.24, 2.45) is 0 Å². The third-order valence-electron chi connectivity index (χ3n) is 4.09. The minimum atomic E-state index is 0.123. The normalized spacial score (nSPS) is 11.2. The van der Waals surface area contributed by atoms with E-state index in [2.05, 4.69) is 5.16 Å². The summed E-state index contributed by atoms with van der Waals surface area (Å²) in [6, 6.07) is 10.4. The van der Waals surface area contributed by atoms with E-state index in [-0.39, 0.29) is 18.3 Å². The molecule has 0 atom stereocenters. The number of ether oxygens (including phenoxy) is 1. The summed E-state index contributed by atoms with van der Waals surface area (Å²) < 4.78 is 11.5. The molecule has 26 heavy (non-hydrogen) atoms. The molecule has 0 saturated carbocycles. The number of aromatic nitrogens is 1. The van der Waals surface area contributed by atoms with Crippen LogP contribution in [0.2, 0.25) is 10.0 Å². The number of phenols is 1. The maximum absolute atomic E-state index is 9.66. The number of aromatic hydroxyl groups is 1. The molecule has 1 N–H and O–H groups in total. The number of halogens is 2. The van der Waals surface area contributed by atoms with Gasteiger partial charge < -0.3 is 14.4 Å². The van der Waals surface area contributed by atoms with Crippen molar-refractivity contribution in [3.63, 3.8) is 0 Å². The van der Waals surface area contributed by atoms with E-state index in [9.17, 15) is 5.11 Å². The molecule has 0 unspecified atom stereocenters. The maximum Gasteiger partial charge on any atom is 0.146 e. The summed E-state index contributed by atoms with van der Waals surface area (Å²) in [4.78, 5) is 0. The highest BCUT2D eigenvalue weighted by molar-refractivity contribution is 6.39. The second kappa shape index (κ2) is 7.60. The van der Waals surface area contributed by atoms with Crippen LogP contribution in [-0.4, -0.2) is 10.3 Å². The molecule has 0 radical (unpaired) electrons. The molecule has 1 heterocycles. The van der Waals surface area contributed by atoms with Crippen LogP contribution in [0.1, 0.15) is 36.7 Å². The van der Waals surface area contributed by atoms with Gasteiger partial charge in [0.2, 0.25) is 0 Å². The highest BCUT2D eigenvalue weighted by Crippen LogP contribution is 2.38. The van der Waals surface area contributed by atoms with E-state index >= 15 is 0 Å². The zero-order chi connectivity index (χ0) is 18.8. The van der Waals surface area contributed by atoms with E-state index in [1.165, 1.54) is 0 Å². The molecule has 0 aliphatic rings. The molecule has 0 amide bonds. The van der Waals surface area contributed by atoms with Gasteiger partial charge in [0, 0.05) is 11.5 Å².